The van der Waals surface area contributed by atoms with Gasteiger partial charge in [0.2, 0.25) is 6.29 Å². The quantitative estimate of drug-likeness (QED) is 0.616. The molecule has 0 fully saturated rings. The van der Waals surface area contributed by atoms with E-state index in [9.17, 15) is 4.79 Å². The minimum atomic E-state index is 0.665. The molecule has 0 aliphatic heterocycles. The van der Waals surface area contributed by atoms with Crippen molar-refractivity contribution in [1.29, 1.82) is 0 Å². The van der Waals surface area contributed by atoms with Gasteiger partial charge in [-0.2, -0.15) is 0 Å². The fourth-order valence-electron chi connectivity index (χ4n) is 0.741. The normalized spacial score (nSPS) is 10.3. The van der Waals surface area contributed by atoms with Crippen LogP contribution in [0, 0.1) is 0 Å². The van der Waals surface area contributed by atoms with Crippen molar-refractivity contribution >= 4 is 24.0 Å². The molecule has 0 aliphatic carbocycles. The van der Waals surface area contributed by atoms with Crippen LogP contribution in [-0.2, 0) is 4.79 Å². The number of hydrogen-bond donors (Lipinski definition) is 0. The first-order valence-electron chi connectivity index (χ1n) is 3.13. The van der Waals surface area contributed by atoms with Crippen LogP contribution in [0.25, 0.3) is 6.08 Å². The Hall–Kier alpha value is -1.08. The fraction of sp³-hybridized carbons (Fsp3) is 0. The highest BCUT2D eigenvalue weighted by molar-refractivity contribution is 6.30. The van der Waals surface area contributed by atoms with Crippen LogP contribution < -0.4 is 0 Å². The number of rotatable bonds is 2. The summed E-state index contributed by atoms with van der Waals surface area (Å²) in [5.74, 6) is 0. The molecule has 0 heterocycles. The summed E-state index contributed by atoms with van der Waals surface area (Å²) in [6.07, 6.45) is 4.62. The first-order valence-corrected chi connectivity index (χ1v) is 3.50. The molecule has 1 aromatic carbocycles. The molecule has 0 amide bonds. The molecule has 0 aromatic heterocycles. The van der Waals surface area contributed by atoms with Crippen molar-refractivity contribution in [3.8, 4) is 0 Å². The van der Waals surface area contributed by atoms with Crippen LogP contribution in [0.5, 0.6) is 0 Å². The maximum atomic E-state index is 9.82. The summed E-state index contributed by atoms with van der Waals surface area (Å²) < 4.78 is 0. The van der Waals surface area contributed by atoms with Gasteiger partial charge in [-0.1, -0.05) is 29.8 Å². The summed E-state index contributed by atoms with van der Waals surface area (Å²) >= 11 is 5.69. The van der Waals surface area contributed by atoms with Crippen LogP contribution in [0.1, 0.15) is 5.56 Å². The monoisotopic (exact) mass is 165 g/mol. The molecule has 55 valence electrons. The Bertz CT molecular complexity index is 279. The van der Waals surface area contributed by atoms with E-state index < -0.39 is 0 Å². The Morgan fingerprint density at radius 3 is 2.91 bits per heavy atom. The van der Waals surface area contributed by atoms with Crippen molar-refractivity contribution in [1.82, 2.24) is 0 Å². The minimum Gasteiger partial charge on any atom is -0.286 e. The lowest BCUT2D eigenvalue weighted by Crippen LogP contribution is -1.70. The third-order valence-corrected chi connectivity index (χ3v) is 1.43. The van der Waals surface area contributed by atoms with Crippen LogP contribution in [-0.4, -0.2) is 6.29 Å². The van der Waals surface area contributed by atoms with Gasteiger partial charge in [0, 0.05) is 5.02 Å². The van der Waals surface area contributed by atoms with Gasteiger partial charge in [0.15, 0.2) is 0 Å². The summed E-state index contributed by atoms with van der Waals surface area (Å²) in [4.78, 5) is 9.82. The molecule has 11 heavy (non-hydrogen) atoms. The molecule has 1 radical (unpaired) electrons. The molecule has 0 unspecified atom stereocenters. The molecule has 0 saturated heterocycles. The molecule has 0 saturated carbocycles. The topological polar surface area (TPSA) is 17.1 Å². The highest BCUT2D eigenvalue weighted by atomic mass is 35.5. The van der Waals surface area contributed by atoms with E-state index in [0.29, 0.717) is 5.02 Å². The zero-order valence-corrected chi connectivity index (χ0v) is 6.51. The Morgan fingerprint density at radius 2 is 2.27 bits per heavy atom. The SMILES string of the molecule is O=[C]C=Cc1cccc(Cl)c1. The maximum Gasteiger partial charge on any atom is 0.225 e. The van der Waals surface area contributed by atoms with Crippen LogP contribution in [0.15, 0.2) is 30.3 Å². The fourth-order valence-corrected chi connectivity index (χ4v) is 0.939. The Balaban J connectivity index is 2.87. The molecular formula is C9H6ClO. The number of allylic oxidation sites excluding steroid dienone is 1. The van der Waals surface area contributed by atoms with E-state index >= 15 is 0 Å². The third-order valence-electron chi connectivity index (χ3n) is 1.19. The molecule has 0 N–H and O–H groups in total. The second-order valence-corrected chi connectivity index (χ2v) is 2.44. The van der Waals surface area contributed by atoms with E-state index in [1.54, 1.807) is 24.5 Å². The van der Waals surface area contributed by atoms with Gasteiger partial charge in [0.1, 0.15) is 0 Å². The summed E-state index contributed by atoms with van der Waals surface area (Å²) in [6.45, 7) is 0. The number of hydrogen-bond acceptors (Lipinski definition) is 1. The van der Waals surface area contributed by atoms with Crippen molar-refractivity contribution in [2.45, 2.75) is 0 Å². The summed E-state index contributed by atoms with van der Waals surface area (Å²) in [5, 5.41) is 0.665. The van der Waals surface area contributed by atoms with Crippen LogP contribution in [0.4, 0.5) is 0 Å². The van der Waals surface area contributed by atoms with Gasteiger partial charge in [-0.05, 0) is 23.8 Å². The van der Waals surface area contributed by atoms with Crippen LogP contribution >= 0.6 is 11.6 Å². The van der Waals surface area contributed by atoms with Crippen LogP contribution in [0.2, 0.25) is 5.02 Å². The van der Waals surface area contributed by atoms with Gasteiger partial charge < -0.3 is 0 Å². The standard InChI is InChI=1S/C9H6ClO/c10-9-5-1-3-8(7-9)4-2-6-11/h1-5,7H. The number of halogens is 1. The van der Waals surface area contributed by atoms with Crippen molar-refractivity contribution in [3.63, 3.8) is 0 Å². The zero-order valence-electron chi connectivity index (χ0n) is 5.75. The molecule has 2 heteroatoms. The van der Waals surface area contributed by atoms with Gasteiger partial charge >= 0.3 is 0 Å². The Labute approximate surface area is 70.3 Å². The van der Waals surface area contributed by atoms with Crippen LogP contribution in [0.3, 0.4) is 0 Å². The lowest BCUT2D eigenvalue weighted by molar-refractivity contribution is 0.564. The predicted octanol–water partition coefficient (Wildman–Crippen LogP) is 2.46. The molecule has 0 aliphatic rings. The van der Waals surface area contributed by atoms with E-state index in [1.807, 2.05) is 12.1 Å². The van der Waals surface area contributed by atoms with E-state index in [2.05, 4.69) is 0 Å². The van der Waals surface area contributed by atoms with E-state index in [0.717, 1.165) is 5.56 Å². The number of benzene rings is 1. The summed E-state index contributed by atoms with van der Waals surface area (Å²) in [6, 6.07) is 7.24. The largest absolute Gasteiger partial charge is 0.286 e. The van der Waals surface area contributed by atoms with Gasteiger partial charge in [0.25, 0.3) is 0 Å². The summed E-state index contributed by atoms with van der Waals surface area (Å²) in [5.41, 5.74) is 0.904. The lowest BCUT2D eigenvalue weighted by Gasteiger charge is -1.91. The molecule has 1 rings (SSSR count). The van der Waals surface area contributed by atoms with Crippen molar-refractivity contribution in [2.24, 2.45) is 0 Å². The average Bonchev–Trinajstić information content (AvgIpc) is 2.01. The second kappa shape index (κ2) is 3.94. The first kappa shape index (κ1) is 8.02. The highest BCUT2D eigenvalue weighted by Gasteiger charge is 1.87. The smallest absolute Gasteiger partial charge is 0.225 e. The molecule has 0 atom stereocenters. The lowest BCUT2D eigenvalue weighted by atomic mass is 10.2. The zero-order chi connectivity index (χ0) is 8.10. The summed E-state index contributed by atoms with van der Waals surface area (Å²) in [7, 11) is 0. The number of carbonyl (C=O) groups excluding carboxylic acids is 1. The highest BCUT2D eigenvalue weighted by Crippen LogP contribution is 2.11. The van der Waals surface area contributed by atoms with Crippen molar-refractivity contribution in [2.75, 3.05) is 0 Å². The second-order valence-electron chi connectivity index (χ2n) is 2.01. The molecule has 0 bridgehead atoms. The van der Waals surface area contributed by atoms with E-state index in [-0.39, 0.29) is 0 Å². The third kappa shape index (κ3) is 2.56. The molecule has 0 spiro atoms. The van der Waals surface area contributed by atoms with E-state index in [1.165, 1.54) is 6.08 Å². The van der Waals surface area contributed by atoms with E-state index in [4.69, 9.17) is 11.6 Å². The van der Waals surface area contributed by atoms with Gasteiger partial charge in [0.05, 0.1) is 0 Å². The van der Waals surface area contributed by atoms with Gasteiger partial charge in [-0.15, -0.1) is 0 Å². The van der Waals surface area contributed by atoms with Crippen molar-refractivity contribution < 1.29 is 4.79 Å². The predicted molar refractivity (Wildman–Crippen MR) is 46.2 cm³/mol. The first-order chi connectivity index (χ1) is 5.33. The van der Waals surface area contributed by atoms with Gasteiger partial charge in [-0.3, -0.25) is 4.79 Å². The average molecular weight is 166 g/mol. The van der Waals surface area contributed by atoms with Crippen molar-refractivity contribution in [3.05, 3.63) is 40.9 Å². The Morgan fingerprint density at radius 1 is 1.45 bits per heavy atom. The molecule has 1 aromatic rings. The maximum absolute atomic E-state index is 9.82. The minimum absolute atomic E-state index is 0.665. The molecule has 1 nitrogen and oxygen atoms in total. The Kier molecular flexibility index (Phi) is 2.87. The molecular weight excluding hydrogens is 160 g/mol. The van der Waals surface area contributed by atoms with Gasteiger partial charge in [-0.25, -0.2) is 0 Å².